The molecule has 0 bridgehead atoms. The number of carbonyl (C=O) groups excluding carboxylic acids is 2. The molecule has 0 atom stereocenters. The first kappa shape index (κ1) is 10.4. The third-order valence-corrected chi connectivity index (χ3v) is 1.81. The standard InChI is InChI=1S/C12H11O2/c1-2-12(14)7-6-10-4-3-5-11(8-10)9-13/h3-8H,2H2,1H3/b7-6+. The second-order valence-electron chi connectivity index (χ2n) is 2.88. The molecular formula is C12H11O2. The van der Waals surface area contributed by atoms with Crippen molar-refractivity contribution < 1.29 is 9.59 Å². The monoisotopic (exact) mass is 187 g/mol. The highest BCUT2D eigenvalue weighted by Crippen LogP contribution is 2.05. The molecule has 0 aromatic heterocycles. The highest BCUT2D eigenvalue weighted by Gasteiger charge is 1.93. The summed E-state index contributed by atoms with van der Waals surface area (Å²) in [4.78, 5) is 21.3. The van der Waals surface area contributed by atoms with Gasteiger partial charge >= 0.3 is 0 Å². The molecule has 0 saturated heterocycles. The van der Waals surface area contributed by atoms with Crippen LogP contribution in [0.15, 0.2) is 30.3 Å². The summed E-state index contributed by atoms with van der Waals surface area (Å²) >= 11 is 0. The van der Waals surface area contributed by atoms with Crippen molar-refractivity contribution in [3.8, 4) is 0 Å². The van der Waals surface area contributed by atoms with E-state index in [4.69, 9.17) is 0 Å². The number of hydrogen-bond acceptors (Lipinski definition) is 2. The van der Waals surface area contributed by atoms with E-state index in [0.29, 0.717) is 12.0 Å². The van der Waals surface area contributed by atoms with Crippen molar-refractivity contribution in [2.45, 2.75) is 13.3 Å². The first-order valence-corrected chi connectivity index (χ1v) is 4.45. The first-order chi connectivity index (χ1) is 6.76. The number of carbonyl (C=O) groups is 1. The Labute approximate surface area is 83.3 Å². The molecule has 0 N–H and O–H groups in total. The normalized spacial score (nSPS) is 10.4. The van der Waals surface area contributed by atoms with E-state index >= 15 is 0 Å². The summed E-state index contributed by atoms with van der Waals surface area (Å²) < 4.78 is 0. The third kappa shape index (κ3) is 2.98. The maximum absolute atomic E-state index is 11.0. The van der Waals surface area contributed by atoms with E-state index in [-0.39, 0.29) is 5.78 Å². The molecule has 2 nitrogen and oxygen atoms in total. The molecule has 0 aliphatic carbocycles. The molecule has 1 radical (unpaired) electrons. The quantitative estimate of drug-likeness (QED) is 0.677. The molecule has 14 heavy (non-hydrogen) atoms. The first-order valence-electron chi connectivity index (χ1n) is 4.45. The summed E-state index contributed by atoms with van der Waals surface area (Å²) in [6.07, 6.45) is 5.52. The van der Waals surface area contributed by atoms with Crippen LogP contribution >= 0.6 is 0 Å². The molecule has 0 unspecified atom stereocenters. The van der Waals surface area contributed by atoms with Gasteiger partial charge in [-0.05, 0) is 17.7 Å². The van der Waals surface area contributed by atoms with E-state index in [1.54, 1.807) is 30.6 Å². The average molecular weight is 187 g/mol. The van der Waals surface area contributed by atoms with Crippen molar-refractivity contribution in [2.24, 2.45) is 0 Å². The Balaban J connectivity index is 2.81. The predicted octanol–water partition coefficient (Wildman–Crippen LogP) is 2.14. The molecule has 1 aromatic rings. The molecule has 1 aromatic carbocycles. The van der Waals surface area contributed by atoms with Gasteiger partial charge in [-0.1, -0.05) is 31.2 Å². The van der Waals surface area contributed by atoms with Gasteiger partial charge in [-0.25, -0.2) is 0 Å². The predicted molar refractivity (Wildman–Crippen MR) is 55.6 cm³/mol. The topological polar surface area (TPSA) is 34.1 Å². The van der Waals surface area contributed by atoms with Crippen LogP contribution in [0.4, 0.5) is 0 Å². The van der Waals surface area contributed by atoms with Crippen molar-refractivity contribution in [3.63, 3.8) is 0 Å². The molecule has 1 rings (SSSR count). The Hall–Kier alpha value is -1.70. The molecule has 0 aliphatic rings. The highest BCUT2D eigenvalue weighted by atomic mass is 16.1. The zero-order valence-electron chi connectivity index (χ0n) is 7.99. The van der Waals surface area contributed by atoms with Gasteiger partial charge in [0, 0.05) is 12.0 Å². The van der Waals surface area contributed by atoms with Crippen LogP contribution < -0.4 is 0 Å². The van der Waals surface area contributed by atoms with Crippen LogP contribution in [0.2, 0.25) is 0 Å². The van der Waals surface area contributed by atoms with E-state index in [1.807, 2.05) is 13.0 Å². The lowest BCUT2D eigenvalue weighted by molar-refractivity contribution is -0.114. The summed E-state index contributed by atoms with van der Waals surface area (Å²) in [6, 6.07) is 6.95. The average Bonchev–Trinajstić information content (AvgIpc) is 2.26. The minimum absolute atomic E-state index is 0.0745. The lowest BCUT2D eigenvalue weighted by atomic mass is 10.1. The maximum atomic E-state index is 11.0. The zero-order chi connectivity index (χ0) is 10.4. The number of hydrogen-bond donors (Lipinski definition) is 0. The molecule has 0 spiro atoms. The van der Waals surface area contributed by atoms with Crippen LogP contribution in [0.1, 0.15) is 24.5 Å². The Morgan fingerprint density at radius 1 is 1.50 bits per heavy atom. The third-order valence-electron chi connectivity index (χ3n) is 1.81. The van der Waals surface area contributed by atoms with Gasteiger partial charge in [-0.2, -0.15) is 0 Å². The van der Waals surface area contributed by atoms with Crippen LogP contribution in [0.5, 0.6) is 0 Å². The van der Waals surface area contributed by atoms with Gasteiger partial charge in [0.25, 0.3) is 0 Å². The van der Waals surface area contributed by atoms with Gasteiger partial charge in [-0.15, -0.1) is 0 Å². The minimum Gasteiger partial charge on any atom is -0.295 e. The van der Waals surface area contributed by atoms with E-state index in [2.05, 4.69) is 0 Å². The van der Waals surface area contributed by atoms with Crippen LogP contribution in [0.25, 0.3) is 6.08 Å². The second kappa shape index (κ2) is 5.12. The largest absolute Gasteiger partial charge is 0.295 e. The van der Waals surface area contributed by atoms with Crippen LogP contribution in [0, 0.1) is 0 Å². The molecule has 2 heteroatoms. The van der Waals surface area contributed by atoms with Gasteiger partial charge in [0.2, 0.25) is 6.29 Å². The van der Waals surface area contributed by atoms with Gasteiger partial charge in [0.15, 0.2) is 5.78 Å². The van der Waals surface area contributed by atoms with E-state index in [9.17, 15) is 9.59 Å². The number of benzene rings is 1. The van der Waals surface area contributed by atoms with Gasteiger partial charge in [0.05, 0.1) is 0 Å². The van der Waals surface area contributed by atoms with Crippen LogP contribution in [0.3, 0.4) is 0 Å². The van der Waals surface area contributed by atoms with Gasteiger partial charge in [-0.3, -0.25) is 9.59 Å². The fourth-order valence-electron chi connectivity index (χ4n) is 1.01. The fourth-order valence-corrected chi connectivity index (χ4v) is 1.01. The van der Waals surface area contributed by atoms with Gasteiger partial charge in [0.1, 0.15) is 0 Å². The molecule has 0 aliphatic heterocycles. The lowest BCUT2D eigenvalue weighted by Crippen LogP contribution is -1.87. The Bertz CT molecular complexity index is 364. The fraction of sp³-hybridized carbons (Fsp3) is 0.167. The number of allylic oxidation sites excluding steroid dienone is 1. The molecule has 0 amide bonds. The Kier molecular flexibility index (Phi) is 3.80. The van der Waals surface area contributed by atoms with Crippen molar-refractivity contribution in [1.82, 2.24) is 0 Å². The molecule has 0 saturated carbocycles. The number of rotatable bonds is 4. The molecule has 0 heterocycles. The Morgan fingerprint density at radius 3 is 2.93 bits per heavy atom. The second-order valence-corrected chi connectivity index (χ2v) is 2.88. The SMILES string of the molecule is CCC(=O)/C=C/c1cccc([C]=O)c1. The molecular weight excluding hydrogens is 176 g/mol. The summed E-state index contributed by atoms with van der Waals surface area (Å²) in [5.74, 6) is 0.0745. The summed E-state index contributed by atoms with van der Waals surface area (Å²) in [5, 5.41) is 0. The van der Waals surface area contributed by atoms with Crippen molar-refractivity contribution >= 4 is 18.1 Å². The maximum Gasteiger partial charge on any atom is 0.233 e. The minimum atomic E-state index is 0.0745. The van der Waals surface area contributed by atoms with E-state index in [1.165, 1.54) is 6.08 Å². The Morgan fingerprint density at radius 2 is 2.29 bits per heavy atom. The lowest BCUT2D eigenvalue weighted by Gasteiger charge is -1.93. The zero-order valence-corrected chi connectivity index (χ0v) is 7.99. The summed E-state index contributed by atoms with van der Waals surface area (Å²) in [7, 11) is 0. The van der Waals surface area contributed by atoms with Crippen LogP contribution in [-0.2, 0) is 9.59 Å². The smallest absolute Gasteiger partial charge is 0.233 e. The highest BCUT2D eigenvalue weighted by molar-refractivity contribution is 5.93. The van der Waals surface area contributed by atoms with Crippen LogP contribution in [-0.4, -0.2) is 12.1 Å². The summed E-state index contributed by atoms with van der Waals surface area (Å²) in [5.41, 5.74) is 1.34. The summed E-state index contributed by atoms with van der Waals surface area (Å²) in [6.45, 7) is 1.81. The molecule has 71 valence electrons. The van der Waals surface area contributed by atoms with Crippen molar-refractivity contribution in [1.29, 1.82) is 0 Å². The van der Waals surface area contributed by atoms with Crippen molar-refractivity contribution in [2.75, 3.05) is 0 Å². The number of ketones is 1. The van der Waals surface area contributed by atoms with Crippen molar-refractivity contribution in [3.05, 3.63) is 41.5 Å². The van der Waals surface area contributed by atoms with Gasteiger partial charge < -0.3 is 0 Å². The van der Waals surface area contributed by atoms with E-state index < -0.39 is 0 Å². The van der Waals surface area contributed by atoms with E-state index in [0.717, 1.165) is 5.56 Å². The molecule has 0 fully saturated rings.